The molecule has 0 spiro atoms. The van der Waals surface area contributed by atoms with Crippen molar-refractivity contribution < 1.29 is 14.3 Å². The number of nitrogens with one attached hydrogen (secondary N) is 1. The first-order chi connectivity index (χ1) is 14.2. The predicted molar refractivity (Wildman–Crippen MR) is 113 cm³/mol. The van der Waals surface area contributed by atoms with Crippen molar-refractivity contribution in [2.24, 2.45) is 0 Å². The Balaban J connectivity index is 1.33. The lowest BCUT2D eigenvalue weighted by molar-refractivity contribution is 0.0468. The summed E-state index contributed by atoms with van der Waals surface area (Å²) in [5.74, 6) is -0.629. The van der Waals surface area contributed by atoms with E-state index in [2.05, 4.69) is 15.3 Å². The Morgan fingerprint density at radius 2 is 1.86 bits per heavy atom. The Labute approximate surface area is 174 Å². The third kappa shape index (κ3) is 4.74. The third-order valence-corrected chi connectivity index (χ3v) is 5.69. The van der Waals surface area contributed by atoms with Gasteiger partial charge in [0.05, 0.1) is 21.8 Å². The molecule has 29 heavy (non-hydrogen) atoms. The number of rotatable bonds is 6. The number of anilines is 1. The van der Waals surface area contributed by atoms with Crippen LogP contribution in [-0.2, 0) is 11.3 Å². The highest BCUT2D eigenvalue weighted by Crippen LogP contribution is 2.22. The van der Waals surface area contributed by atoms with E-state index < -0.39 is 5.97 Å². The fraction of sp³-hybridized carbons (Fsp3) is 0.0476. The van der Waals surface area contributed by atoms with E-state index in [-0.39, 0.29) is 12.5 Å². The molecule has 0 unspecified atom stereocenters. The minimum Gasteiger partial charge on any atom is -0.456 e. The van der Waals surface area contributed by atoms with Crippen LogP contribution in [0, 0.1) is 0 Å². The topological polar surface area (TPSA) is 81.2 Å². The van der Waals surface area contributed by atoms with Gasteiger partial charge in [-0.3, -0.25) is 9.78 Å². The van der Waals surface area contributed by atoms with Gasteiger partial charge >= 0.3 is 5.97 Å². The summed E-state index contributed by atoms with van der Waals surface area (Å²) in [6.45, 7) is 0.0824. The maximum Gasteiger partial charge on any atom is 0.338 e. The summed E-state index contributed by atoms with van der Waals surface area (Å²) in [6, 6.07) is 15.8. The van der Waals surface area contributed by atoms with E-state index in [0.29, 0.717) is 21.8 Å². The van der Waals surface area contributed by atoms with Crippen molar-refractivity contribution in [1.29, 1.82) is 0 Å². The first-order valence-corrected chi connectivity index (χ1v) is 10.4. The third-order valence-electron chi connectivity index (χ3n) is 3.91. The molecule has 0 aliphatic carbocycles. The van der Waals surface area contributed by atoms with Gasteiger partial charge in [0.15, 0.2) is 0 Å². The van der Waals surface area contributed by atoms with Crippen LogP contribution < -0.4 is 5.32 Å². The monoisotopic (exact) mass is 421 g/mol. The van der Waals surface area contributed by atoms with E-state index in [1.807, 2.05) is 35.0 Å². The largest absolute Gasteiger partial charge is 0.456 e. The minimum absolute atomic E-state index is 0.0824. The van der Waals surface area contributed by atoms with E-state index in [0.717, 1.165) is 10.7 Å². The van der Waals surface area contributed by atoms with E-state index in [9.17, 15) is 9.59 Å². The Bertz CT molecular complexity index is 1110. The Hall–Kier alpha value is -3.36. The van der Waals surface area contributed by atoms with Crippen molar-refractivity contribution in [2.75, 3.05) is 5.32 Å². The van der Waals surface area contributed by atoms with Gasteiger partial charge in [-0.1, -0.05) is 12.1 Å². The average Bonchev–Trinajstić information content (AvgIpc) is 3.45. The summed E-state index contributed by atoms with van der Waals surface area (Å²) in [7, 11) is 0. The lowest BCUT2D eigenvalue weighted by atomic mass is 10.2. The lowest BCUT2D eigenvalue weighted by Crippen LogP contribution is -2.10. The predicted octanol–water partition coefficient (Wildman–Crippen LogP) is 4.88. The fourth-order valence-electron chi connectivity index (χ4n) is 2.49. The number of nitrogens with zero attached hydrogens (tertiary/aromatic N) is 2. The number of benzene rings is 1. The highest BCUT2D eigenvalue weighted by atomic mass is 32.1. The van der Waals surface area contributed by atoms with Crippen LogP contribution in [-0.4, -0.2) is 21.8 Å². The van der Waals surface area contributed by atoms with Gasteiger partial charge in [-0.05, 0) is 47.8 Å². The molecule has 0 saturated heterocycles. The zero-order valence-corrected chi connectivity index (χ0v) is 16.7. The van der Waals surface area contributed by atoms with Crippen LogP contribution in [0.15, 0.2) is 71.6 Å². The highest BCUT2D eigenvalue weighted by molar-refractivity contribution is 7.13. The molecule has 144 valence electrons. The summed E-state index contributed by atoms with van der Waals surface area (Å²) in [5.41, 5.74) is 2.47. The molecule has 0 fully saturated rings. The molecule has 3 heterocycles. The van der Waals surface area contributed by atoms with Gasteiger partial charge in [0.1, 0.15) is 11.6 Å². The van der Waals surface area contributed by atoms with Gasteiger partial charge in [0.2, 0.25) is 0 Å². The molecular formula is C21H15N3O3S2. The smallest absolute Gasteiger partial charge is 0.338 e. The number of hydrogen-bond donors (Lipinski definition) is 1. The molecule has 1 N–H and O–H groups in total. The summed E-state index contributed by atoms with van der Waals surface area (Å²) in [5, 5.41) is 7.26. The SMILES string of the molecule is O=C(OCc1csc(-c2ccccn2)n1)c1ccc(NC(=O)c2cccs2)cc1. The normalized spacial score (nSPS) is 10.5. The molecule has 0 aliphatic heterocycles. The van der Waals surface area contributed by atoms with Crippen LogP contribution in [0.1, 0.15) is 25.7 Å². The summed E-state index contributed by atoms with van der Waals surface area (Å²) in [4.78, 5) is 33.7. The van der Waals surface area contributed by atoms with Crippen molar-refractivity contribution in [3.05, 3.63) is 87.7 Å². The first kappa shape index (κ1) is 19.0. The van der Waals surface area contributed by atoms with Crippen LogP contribution in [0.3, 0.4) is 0 Å². The number of pyridine rings is 1. The van der Waals surface area contributed by atoms with E-state index >= 15 is 0 Å². The lowest BCUT2D eigenvalue weighted by Gasteiger charge is -2.06. The number of carbonyl (C=O) groups is 2. The number of thiophene rings is 1. The van der Waals surface area contributed by atoms with Gasteiger partial charge in [-0.2, -0.15) is 0 Å². The second-order valence-electron chi connectivity index (χ2n) is 5.94. The van der Waals surface area contributed by atoms with Crippen LogP contribution >= 0.6 is 22.7 Å². The second-order valence-corrected chi connectivity index (χ2v) is 7.75. The van der Waals surface area contributed by atoms with Crippen LogP contribution in [0.4, 0.5) is 5.69 Å². The molecular weight excluding hydrogens is 406 g/mol. The zero-order valence-electron chi connectivity index (χ0n) is 15.1. The molecule has 4 aromatic rings. The molecule has 3 aromatic heterocycles. The molecule has 0 aliphatic rings. The van der Waals surface area contributed by atoms with Gasteiger partial charge in [-0.25, -0.2) is 9.78 Å². The maximum absolute atomic E-state index is 12.3. The number of esters is 1. The fourth-order valence-corrected chi connectivity index (χ4v) is 3.89. The van der Waals surface area contributed by atoms with Crippen molar-refractivity contribution in [3.8, 4) is 10.7 Å². The molecule has 8 heteroatoms. The van der Waals surface area contributed by atoms with Crippen molar-refractivity contribution in [2.45, 2.75) is 6.61 Å². The molecule has 6 nitrogen and oxygen atoms in total. The van der Waals surface area contributed by atoms with Crippen molar-refractivity contribution in [3.63, 3.8) is 0 Å². The van der Waals surface area contributed by atoms with Crippen molar-refractivity contribution in [1.82, 2.24) is 9.97 Å². The molecule has 0 bridgehead atoms. The quantitative estimate of drug-likeness (QED) is 0.449. The van der Waals surface area contributed by atoms with E-state index in [1.165, 1.54) is 22.7 Å². The highest BCUT2D eigenvalue weighted by Gasteiger charge is 2.12. The molecule has 0 saturated carbocycles. The minimum atomic E-state index is -0.450. The van der Waals surface area contributed by atoms with E-state index in [4.69, 9.17) is 4.74 Å². The van der Waals surface area contributed by atoms with Crippen LogP contribution in [0.25, 0.3) is 10.7 Å². The van der Waals surface area contributed by atoms with Gasteiger partial charge < -0.3 is 10.1 Å². The standard InChI is InChI=1S/C21H15N3O3S2/c25-19(18-5-3-11-28-18)23-15-8-6-14(7-9-15)21(26)27-12-16-13-29-20(24-16)17-4-1-2-10-22-17/h1-11,13H,12H2,(H,23,25). The van der Waals surface area contributed by atoms with Gasteiger partial charge in [-0.15, -0.1) is 22.7 Å². The molecule has 0 atom stereocenters. The number of carbonyl (C=O) groups excluding carboxylic acids is 2. The summed E-state index contributed by atoms with van der Waals surface area (Å²) < 4.78 is 5.34. The number of aromatic nitrogens is 2. The Morgan fingerprint density at radius 1 is 1.00 bits per heavy atom. The number of ether oxygens (including phenoxy) is 1. The maximum atomic E-state index is 12.3. The zero-order chi connectivity index (χ0) is 20.1. The van der Waals surface area contributed by atoms with Gasteiger partial charge in [0.25, 0.3) is 5.91 Å². The molecule has 1 aromatic carbocycles. The molecule has 1 amide bonds. The molecule has 4 rings (SSSR count). The second kappa shape index (κ2) is 8.76. The summed E-state index contributed by atoms with van der Waals surface area (Å²) >= 11 is 2.82. The van der Waals surface area contributed by atoms with Crippen molar-refractivity contribution >= 4 is 40.2 Å². The Morgan fingerprint density at radius 3 is 2.59 bits per heavy atom. The van der Waals surface area contributed by atoms with Crippen LogP contribution in [0.5, 0.6) is 0 Å². The Kier molecular flexibility index (Phi) is 5.73. The van der Waals surface area contributed by atoms with Crippen LogP contribution in [0.2, 0.25) is 0 Å². The van der Waals surface area contributed by atoms with Gasteiger partial charge in [0, 0.05) is 17.3 Å². The molecule has 0 radical (unpaired) electrons. The first-order valence-electron chi connectivity index (χ1n) is 8.67. The number of thiazole rings is 1. The number of amides is 1. The summed E-state index contributed by atoms with van der Waals surface area (Å²) in [6.07, 6.45) is 1.71. The van der Waals surface area contributed by atoms with E-state index in [1.54, 1.807) is 36.5 Å². The number of hydrogen-bond acceptors (Lipinski definition) is 7. The average molecular weight is 422 g/mol.